The lowest BCUT2D eigenvalue weighted by molar-refractivity contribution is -0.158. The summed E-state index contributed by atoms with van der Waals surface area (Å²) in [5.41, 5.74) is 0. The van der Waals surface area contributed by atoms with Crippen LogP contribution in [0.3, 0.4) is 0 Å². The van der Waals surface area contributed by atoms with E-state index in [1.807, 2.05) is 6.92 Å². The predicted molar refractivity (Wildman–Crippen MR) is 107 cm³/mol. The highest BCUT2D eigenvalue weighted by atomic mass is 16.6. The van der Waals surface area contributed by atoms with Crippen molar-refractivity contribution in [3.05, 3.63) is 12.2 Å². The Balaban J connectivity index is 3.84. The van der Waals surface area contributed by atoms with Crippen LogP contribution in [0.15, 0.2) is 12.2 Å². The quantitative estimate of drug-likeness (QED) is 0.149. The van der Waals surface area contributed by atoms with Crippen molar-refractivity contribution in [1.82, 2.24) is 0 Å². The van der Waals surface area contributed by atoms with Crippen LogP contribution in [0.1, 0.15) is 104 Å². The standard InChI is InChI=1S/C22H38O5/c1-4-6-7-13-16-20(27-21(24)5-2)17-14-11-9-8-10-12-15-18-22(25)26-19(3)23/h11,14,20H,4-10,12-13,15-18H2,1-3H3/b14-11-. The second-order valence-electron chi connectivity index (χ2n) is 6.94. The van der Waals surface area contributed by atoms with E-state index in [-0.39, 0.29) is 12.1 Å². The summed E-state index contributed by atoms with van der Waals surface area (Å²) < 4.78 is 10.0. The van der Waals surface area contributed by atoms with Crippen LogP contribution in [-0.2, 0) is 23.9 Å². The maximum Gasteiger partial charge on any atom is 0.313 e. The fourth-order valence-corrected chi connectivity index (χ4v) is 2.76. The molecule has 0 saturated heterocycles. The summed E-state index contributed by atoms with van der Waals surface area (Å²) in [5, 5.41) is 0. The van der Waals surface area contributed by atoms with Gasteiger partial charge >= 0.3 is 17.9 Å². The van der Waals surface area contributed by atoms with Gasteiger partial charge in [0.05, 0.1) is 0 Å². The van der Waals surface area contributed by atoms with Gasteiger partial charge in [-0.2, -0.15) is 0 Å². The highest BCUT2D eigenvalue weighted by molar-refractivity contribution is 5.83. The molecule has 0 rings (SSSR count). The topological polar surface area (TPSA) is 69.7 Å². The van der Waals surface area contributed by atoms with Crippen molar-refractivity contribution >= 4 is 17.9 Å². The Morgan fingerprint density at radius 2 is 1.56 bits per heavy atom. The average molecular weight is 383 g/mol. The molecule has 0 N–H and O–H groups in total. The summed E-state index contributed by atoms with van der Waals surface area (Å²) in [6.07, 6.45) is 16.3. The highest BCUT2D eigenvalue weighted by Gasteiger charge is 2.11. The molecule has 0 aromatic rings. The number of hydrogen-bond donors (Lipinski definition) is 0. The van der Waals surface area contributed by atoms with Gasteiger partial charge in [0.25, 0.3) is 0 Å². The first-order valence-electron chi connectivity index (χ1n) is 10.5. The molecule has 0 bridgehead atoms. The number of allylic oxidation sites excluding steroid dienone is 1. The minimum Gasteiger partial charge on any atom is -0.462 e. The van der Waals surface area contributed by atoms with Gasteiger partial charge in [-0.05, 0) is 32.1 Å². The Hall–Kier alpha value is -1.65. The molecule has 0 heterocycles. The minimum absolute atomic E-state index is 0.00200. The number of esters is 3. The number of carbonyl (C=O) groups excluding carboxylic acids is 3. The van der Waals surface area contributed by atoms with Crippen LogP contribution in [0.4, 0.5) is 0 Å². The van der Waals surface area contributed by atoms with Gasteiger partial charge in [-0.15, -0.1) is 0 Å². The number of ether oxygens (including phenoxy) is 2. The van der Waals surface area contributed by atoms with Crippen LogP contribution < -0.4 is 0 Å². The lowest BCUT2D eigenvalue weighted by atomic mass is 10.1. The van der Waals surface area contributed by atoms with Gasteiger partial charge in [0.1, 0.15) is 6.10 Å². The molecule has 0 amide bonds. The van der Waals surface area contributed by atoms with Gasteiger partial charge in [-0.1, -0.05) is 58.1 Å². The Labute approximate surface area is 164 Å². The van der Waals surface area contributed by atoms with Gasteiger partial charge in [-0.25, -0.2) is 0 Å². The first kappa shape index (κ1) is 25.4. The molecule has 5 heteroatoms. The molecule has 1 unspecified atom stereocenters. The van der Waals surface area contributed by atoms with E-state index in [1.54, 1.807) is 0 Å². The molecule has 27 heavy (non-hydrogen) atoms. The zero-order valence-electron chi connectivity index (χ0n) is 17.5. The van der Waals surface area contributed by atoms with E-state index in [9.17, 15) is 14.4 Å². The Kier molecular flexibility index (Phi) is 16.7. The molecule has 0 aliphatic rings. The maximum absolute atomic E-state index is 11.6. The molecule has 0 radical (unpaired) electrons. The molecule has 156 valence electrons. The van der Waals surface area contributed by atoms with Gasteiger partial charge in [-0.3, -0.25) is 14.4 Å². The lowest BCUT2D eigenvalue weighted by Gasteiger charge is -2.16. The number of hydrogen-bond acceptors (Lipinski definition) is 5. The zero-order valence-corrected chi connectivity index (χ0v) is 17.5. The first-order chi connectivity index (χ1) is 13.0. The Bertz CT molecular complexity index is 442. The van der Waals surface area contributed by atoms with Crippen molar-refractivity contribution in [3.63, 3.8) is 0 Å². The van der Waals surface area contributed by atoms with Gasteiger partial charge in [0.15, 0.2) is 0 Å². The summed E-state index contributed by atoms with van der Waals surface area (Å²) in [5.74, 6) is -1.10. The molecule has 0 aliphatic heterocycles. The third-order valence-corrected chi connectivity index (χ3v) is 4.29. The smallest absolute Gasteiger partial charge is 0.313 e. The first-order valence-corrected chi connectivity index (χ1v) is 10.5. The van der Waals surface area contributed by atoms with Crippen LogP contribution >= 0.6 is 0 Å². The predicted octanol–water partition coefficient (Wildman–Crippen LogP) is 5.66. The van der Waals surface area contributed by atoms with Crippen molar-refractivity contribution in [2.75, 3.05) is 0 Å². The lowest BCUT2D eigenvalue weighted by Crippen LogP contribution is -2.17. The molecular formula is C22H38O5. The molecular weight excluding hydrogens is 344 g/mol. The summed E-state index contributed by atoms with van der Waals surface area (Å²) in [4.78, 5) is 33.4. The van der Waals surface area contributed by atoms with Crippen LogP contribution in [0.25, 0.3) is 0 Å². The van der Waals surface area contributed by atoms with Gasteiger partial charge < -0.3 is 9.47 Å². The summed E-state index contributed by atoms with van der Waals surface area (Å²) >= 11 is 0. The Morgan fingerprint density at radius 3 is 2.22 bits per heavy atom. The normalized spacial score (nSPS) is 12.1. The SMILES string of the molecule is CCCCCCC(C/C=C\CCCCCCC(=O)OC(C)=O)OC(=O)CC. The van der Waals surface area contributed by atoms with Crippen LogP contribution in [0.5, 0.6) is 0 Å². The van der Waals surface area contributed by atoms with Gasteiger partial charge in [0.2, 0.25) is 0 Å². The number of rotatable bonds is 16. The van der Waals surface area contributed by atoms with E-state index in [1.165, 1.54) is 26.2 Å². The molecule has 5 nitrogen and oxygen atoms in total. The minimum atomic E-state index is -0.543. The number of carbonyl (C=O) groups is 3. The molecule has 0 aromatic heterocycles. The Morgan fingerprint density at radius 1 is 0.852 bits per heavy atom. The summed E-state index contributed by atoms with van der Waals surface area (Å²) in [6.45, 7) is 5.25. The van der Waals surface area contributed by atoms with E-state index >= 15 is 0 Å². The maximum atomic E-state index is 11.6. The second kappa shape index (κ2) is 17.7. The zero-order chi connectivity index (χ0) is 20.3. The fraction of sp³-hybridized carbons (Fsp3) is 0.773. The highest BCUT2D eigenvalue weighted by Crippen LogP contribution is 2.14. The molecule has 1 atom stereocenters. The molecule has 0 spiro atoms. The van der Waals surface area contributed by atoms with E-state index in [0.717, 1.165) is 51.4 Å². The van der Waals surface area contributed by atoms with Crippen molar-refractivity contribution in [1.29, 1.82) is 0 Å². The van der Waals surface area contributed by atoms with Crippen molar-refractivity contribution < 1.29 is 23.9 Å². The van der Waals surface area contributed by atoms with E-state index < -0.39 is 11.9 Å². The average Bonchev–Trinajstić information content (AvgIpc) is 2.62. The van der Waals surface area contributed by atoms with E-state index in [0.29, 0.717) is 12.8 Å². The monoisotopic (exact) mass is 382 g/mol. The molecule has 0 saturated carbocycles. The summed E-state index contributed by atoms with van der Waals surface area (Å²) in [7, 11) is 0. The molecule has 0 fully saturated rings. The van der Waals surface area contributed by atoms with Crippen LogP contribution in [0.2, 0.25) is 0 Å². The van der Waals surface area contributed by atoms with E-state index in [2.05, 4.69) is 23.8 Å². The molecule has 0 aliphatic carbocycles. The summed E-state index contributed by atoms with van der Waals surface area (Å²) in [6, 6.07) is 0. The second-order valence-corrected chi connectivity index (χ2v) is 6.94. The third-order valence-electron chi connectivity index (χ3n) is 4.29. The largest absolute Gasteiger partial charge is 0.462 e. The third kappa shape index (κ3) is 17.5. The number of unbranched alkanes of at least 4 members (excludes halogenated alkanes) is 7. The van der Waals surface area contributed by atoms with Crippen molar-refractivity contribution in [2.45, 2.75) is 110 Å². The van der Waals surface area contributed by atoms with E-state index in [4.69, 9.17) is 4.74 Å². The fourth-order valence-electron chi connectivity index (χ4n) is 2.76. The van der Waals surface area contributed by atoms with Crippen LogP contribution in [0, 0.1) is 0 Å². The molecule has 0 aromatic carbocycles. The van der Waals surface area contributed by atoms with Crippen molar-refractivity contribution in [2.24, 2.45) is 0 Å². The van der Waals surface area contributed by atoms with Gasteiger partial charge in [0, 0.05) is 26.2 Å². The van der Waals surface area contributed by atoms with Crippen LogP contribution in [-0.4, -0.2) is 24.0 Å². The van der Waals surface area contributed by atoms with Crippen molar-refractivity contribution in [3.8, 4) is 0 Å².